The minimum atomic E-state index is -0.307. The number of carbonyl (C=O) groups excluding carboxylic acids is 1. The van der Waals surface area contributed by atoms with Crippen molar-refractivity contribution in [3.63, 3.8) is 0 Å². The Hall–Kier alpha value is -1.68. The summed E-state index contributed by atoms with van der Waals surface area (Å²) in [5, 5.41) is 3.01. The standard InChI is InChI=1S/C17H15BrFNO/c18-13-5-2-4-12(9-13)15-10-16(15)20-17(21)8-11-3-1-6-14(19)7-11/h1-7,9,15-16H,8,10H2,(H,20,21)/t15-,16+/m0/s1. The quantitative estimate of drug-likeness (QED) is 0.895. The molecule has 0 unspecified atom stereocenters. The zero-order chi connectivity index (χ0) is 14.8. The summed E-state index contributed by atoms with van der Waals surface area (Å²) in [6.45, 7) is 0. The molecule has 2 aromatic rings. The molecular weight excluding hydrogens is 333 g/mol. The fraction of sp³-hybridized carbons (Fsp3) is 0.235. The van der Waals surface area contributed by atoms with Crippen LogP contribution in [0, 0.1) is 5.82 Å². The fourth-order valence-electron chi connectivity index (χ4n) is 2.55. The van der Waals surface area contributed by atoms with Crippen molar-refractivity contribution in [1.29, 1.82) is 0 Å². The summed E-state index contributed by atoms with van der Waals surface area (Å²) in [6, 6.07) is 14.5. The highest BCUT2D eigenvalue weighted by Gasteiger charge is 2.39. The highest BCUT2D eigenvalue weighted by atomic mass is 79.9. The molecule has 1 aliphatic rings. The summed E-state index contributed by atoms with van der Waals surface area (Å²) < 4.78 is 14.1. The summed E-state index contributed by atoms with van der Waals surface area (Å²) in [6.07, 6.45) is 1.19. The van der Waals surface area contributed by atoms with Crippen LogP contribution in [-0.4, -0.2) is 11.9 Å². The maximum atomic E-state index is 13.1. The van der Waals surface area contributed by atoms with E-state index in [1.807, 2.05) is 12.1 Å². The predicted molar refractivity (Wildman–Crippen MR) is 83.5 cm³/mol. The summed E-state index contributed by atoms with van der Waals surface area (Å²) >= 11 is 3.46. The SMILES string of the molecule is O=C(Cc1cccc(F)c1)N[C@@H]1C[C@H]1c1cccc(Br)c1. The second-order valence-electron chi connectivity index (χ2n) is 5.38. The first-order valence-corrected chi connectivity index (χ1v) is 7.70. The van der Waals surface area contributed by atoms with Gasteiger partial charge in [-0.3, -0.25) is 4.79 Å². The fourth-order valence-corrected chi connectivity index (χ4v) is 2.97. The summed E-state index contributed by atoms with van der Waals surface area (Å²) in [7, 11) is 0. The van der Waals surface area contributed by atoms with E-state index >= 15 is 0 Å². The molecule has 2 atom stereocenters. The molecule has 0 saturated heterocycles. The molecule has 0 spiro atoms. The molecular formula is C17H15BrFNO. The summed E-state index contributed by atoms with van der Waals surface area (Å²) in [5.74, 6) is 0.0285. The molecule has 1 N–H and O–H groups in total. The van der Waals surface area contributed by atoms with Crippen molar-refractivity contribution in [2.75, 3.05) is 0 Å². The number of rotatable bonds is 4. The van der Waals surface area contributed by atoms with Gasteiger partial charge in [-0.1, -0.05) is 40.2 Å². The van der Waals surface area contributed by atoms with Crippen LogP contribution >= 0.6 is 15.9 Å². The first-order chi connectivity index (χ1) is 10.1. The van der Waals surface area contributed by atoms with Gasteiger partial charge in [0.25, 0.3) is 0 Å². The van der Waals surface area contributed by atoms with Crippen molar-refractivity contribution in [1.82, 2.24) is 5.32 Å². The second-order valence-corrected chi connectivity index (χ2v) is 6.29. The summed E-state index contributed by atoms with van der Waals surface area (Å²) in [4.78, 5) is 12.0. The molecule has 1 saturated carbocycles. The van der Waals surface area contributed by atoms with Gasteiger partial charge >= 0.3 is 0 Å². The molecule has 0 heterocycles. The molecule has 108 valence electrons. The molecule has 0 radical (unpaired) electrons. The molecule has 0 bridgehead atoms. The third kappa shape index (κ3) is 3.70. The van der Waals surface area contributed by atoms with Gasteiger partial charge in [-0.25, -0.2) is 4.39 Å². The van der Waals surface area contributed by atoms with Crippen molar-refractivity contribution >= 4 is 21.8 Å². The Morgan fingerprint density at radius 3 is 2.81 bits per heavy atom. The smallest absolute Gasteiger partial charge is 0.224 e. The largest absolute Gasteiger partial charge is 0.352 e. The summed E-state index contributed by atoms with van der Waals surface area (Å²) in [5.41, 5.74) is 1.94. The molecule has 0 aromatic heterocycles. The number of hydrogen-bond acceptors (Lipinski definition) is 1. The van der Waals surface area contributed by atoms with Crippen LogP contribution in [0.1, 0.15) is 23.5 Å². The van der Waals surface area contributed by atoms with Crippen LogP contribution in [0.5, 0.6) is 0 Å². The van der Waals surface area contributed by atoms with Crippen LogP contribution in [-0.2, 0) is 11.2 Å². The van der Waals surface area contributed by atoms with Crippen molar-refractivity contribution < 1.29 is 9.18 Å². The number of hydrogen-bond donors (Lipinski definition) is 1. The van der Waals surface area contributed by atoms with Gasteiger partial charge in [-0.05, 0) is 41.8 Å². The van der Waals surface area contributed by atoms with E-state index in [2.05, 4.69) is 33.4 Å². The van der Waals surface area contributed by atoms with Gasteiger partial charge in [0.2, 0.25) is 5.91 Å². The third-order valence-electron chi connectivity index (χ3n) is 3.67. The number of nitrogens with one attached hydrogen (secondary N) is 1. The Bertz CT molecular complexity index is 673. The van der Waals surface area contributed by atoms with Crippen molar-refractivity contribution in [3.05, 3.63) is 69.9 Å². The van der Waals surface area contributed by atoms with Crippen LogP contribution < -0.4 is 5.32 Å². The van der Waals surface area contributed by atoms with Gasteiger partial charge in [0.05, 0.1) is 6.42 Å². The lowest BCUT2D eigenvalue weighted by atomic mass is 10.1. The molecule has 1 amide bonds. The Balaban J connectivity index is 1.55. The average Bonchev–Trinajstić information content (AvgIpc) is 3.17. The van der Waals surface area contributed by atoms with Crippen LogP contribution in [0.3, 0.4) is 0 Å². The van der Waals surface area contributed by atoms with Crippen molar-refractivity contribution in [2.45, 2.75) is 24.8 Å². The molecule has 1 aliphatic carbocycles. The average molecular weight is 348 g/mol. The highest BCUT2D eigenvalue weighted by Crippen LogP contribution is 2.41. The lowest BCUT2D eigenvalue weighted by Crippen LogP contribution is -2.28. The van der Waals surface area contributed by atoms with E-state index < -0.39 is 0 Å². The third-order valence-corrected chi connectivity index (χ3v) is 4.16. The first-order valence-electron chi connectivity index (χ1n) is 6.91. The van der Waals surface area contributed by atoms with Gasteiger partial charge in [0.15, 0.2) is 0 Å². The zero-order valence-corrected chi connectivity index (χ0v) is 12.9. The Morgan fingerprint density at radius 1 is 1.24 bits per heavy atom. The zero-order valence-electron chi connectivity index (χ0n) is 11.4. The predicted octanol–water partition coefficient (Wildman–Crippen LogP) is 3.80. The van der Waals surface area contributed by atoms with Crippen LogP contribution in [0.15, 0.2) is 53.0 Å². The normalized spacial score (nSPS) is 20.1. The molecule has 2 aromatic carbocycles. The van der Waals surface area contributed by atoms with Crippen molar-refractivity contribution in [2.24, 2.45) is 0 Å². The van der Waals surface area contributed by atoms with E-state index in [0.29, 0.717) is 11.5 Å². The maximum Gasteiger partial charge on any atom is 0.224 e. The van der Waals surface area contributed by atoms with Crippen LogP contribution in [0.25, 0.3) is 0 Å². The van der Waals surface area contributed by atoms with Gasteiger partial charge in [0, 0.05) is 16.4 Å². The number of carbonyl (C=O) groups is 1. The minimum absolute atomic E-state index is 0.0527. The van der Waals surface area contributed by atoms with E-state index in [1.54, 1.807) is 12.1 Å². The molecule has 21 heavy (non-hydrogen) atoms. The van der Waals surface area contributed by atoms with Gasteiger partial charge in [0.1, 0.15) is 5.82 Å². The Morgan fingerprint density at radius 2 is 2.05 bits per heavy atom. The monoisotopic (exact) mass is 347 g/mol. The van der Waals surface area contributed by atoms with E-state index in [1.165, 1.54) is 17.7 Å². The number of benzene rings is 2. The van der Waals surface area contributed by atoms with Gasteiger partial charge in [-0.2, -0.15) is 0 Å². The number of amides is 1. The number of halogens is 2. The second kappa shape index (κ2) is 5.98. The van der Waals surface area contributed by atoms with Crippen molar-refractivity contribution in [3.8, 4) is 0 Å². The molecule has 1 fully saturated rings. The minimum Gasteiger partial charge on any atom is -0.352 e. The Kier molecular flexibility index (Phi) is 4.06. The van der Waals surface area contributed by atoms with Gasteiger partial charge in [-0.15, -0.1) is 0 Å². The first kappa shape index (κ1) is 14.3. The van der Waals surface area contributed by atoms with Crippen LogP contribution in [0.4, 0.5) is 4.39 Å². The molecule has 0 aliphatic heterocycles. The lowest BCUT2D eigenvalue weighted by molar-refractivity contribution is -0.120. The lowest BCUT2D eigenvalue weighted by Gasteiger charge is -2.05. The molecule has 3 rings (SSSR count). The van der Waals surface area contributed by atoms with Crippen LogP contribution in [0.2, 0.25) is 0 Å². The van der Waals surface area contributed by atoms with E-state index in [9.17, 15) is 9.18 Å². The maximum absolute atomic E-state index is 13.1. The molecule has 2 nitrogen and oxygen atoms in total. The van der Waals surface area contributed by atoms with E-state index in [-0.39, 0.29) is 24.2 Å². The topological polar surface area (TPSA) is 29.1 Å². The molecule has 4 heteroatoms. The van der Waals surface area contributed by atoms with E-state index in [4.69, 9.17) is 0 Å². The highest BCUT2D eigenvalue weighted by molar-refractivity contribution is 9.10. The van der Waals surface area contributed by atoms with Gasteiger partial charge < -0.3 is 5.32 Å². The van der Waals surface area contributed by atoms with E-state index in [0.717, 1.165) is 10.9 Å². The Labute approximate surface area is 131 Å².